The minimum Gasteiger partial charge on any atom is -0.628 e. The molecule has 0 spiro atoms. The quantitative estimate of drug-likeness (QED) is 0.557. The lowest BCUT2D eigenvalue weighted by Crippen LogP contribution is -2.96. The van der Waals surface area contributed by atoms with Crippen molar-refractivity contribution in [1.29, 1.82) is 0 Å². The zero-order valence-corrected chi connectivity index (χ0v) is 15.9. The Balaban J connectivity index is 0.000000150. The summed E-state index contributed by atoms with van der Waals surface area (Å²) in [6.07, 6.45) is 0.702. The summed E-state index contributed by atoms with van der Waals surface area (Å²) >= 11 is 6.53. The predicted octanol–water partition coefficient (Wildman–Crippen LogP) is 2.40. The number of carbonyl (C=O) groups is 2. The highest BCUT2D eigenvalue weighted by Crippen LogP contribution is 2.34. The maximum absolute atomic E-state index is 11.0. The molecule has 2 aliphatic rings. The molecule has 2 amide bonds. The summed E-state index contributed by atoms with van der Waals surface area (Å²) in [5.74, 6) is -0.0527. The van der Waals surface area contributed by atoms with E-state index >= 15 is 0 Å². The molecule has 0 saturated carbocycles. The van der Waals surface area contributed by atoms with Crippen LogP contribution in [0, 0.1) is 10.4 Å². The molecule has 9 heteroatoms. The maximum atomic E-state index is 11.0. The number of quaternary nitrogens is 1. The summed E-state index contributed by atoms with van der Waals surface area (Å²) in [6.45, 7) is 0. The number of amides is 2. The third-order valence-electron chi connectivity index (χ3n) is 3.80. The van der Waals surface area contributed by atoms with Crippen molar-refractivity contribution in [2.24, 2.45) is 0 Å². The van der Waals surface area contributed by atoms with Gasteiger partial charge in [0, 0.05) is 27.5 Å². The topological polar surface area (TPSA) is 109 Å². The van der Waals surface area contributed by atoms with Crippen LogP contribution in [0.2, 0.25) is 0 Å². The molecule has 0 saturated heterocycles. The molecule has 3 N–H and O–H groups in total. The van der Waals surface area contributed by atoms with Crippen LogP contribution in [0.3, 0.4) is 0 Å². The van der Waals surface area contributed by atoms with Gasteiger partial charge >= 0.3 is 0 Å². The lowest BCUT2D eigenvalue weighted by molar-refractivity contribution is -0.715. The standard InChI is InChI=1S/C8H6BrN2O3.C8H6BrNO/c9-8-4-3-7(12)10-5(4)1-2-6(8)11(13)14;9-6-2-1-3-7-5(6)4-8(11)10-7/h1-2,11H,3H2,(H,10,12);1-3H,4H2,(H,10,11)/q-1;. The molecule has 0 aromatic heterocycles. The molecule has 2 heterocycles. The largest absolute Gasteiger partial charge is 0.628 e. The van der Waals surface area contributed by atoms with Gasteiger partial charge in [0.15, 0.2) is 0 Å². The van der Waals surface area contributed by atoms with E-state index in [9.17, 15) is 20.0 Å². The van der Waals surface area contributed by atoms with Crippen LogP contribution in [-0.2, 0) is 22.4 Å². The number of anilines is 2. The van der Waals surface area contributed by atoms with Crippen molar-refractivity contribution in [3.63, 3.8) is 0 Å². The molecule has 25 heavy (non-hydrogen) atoms. The van der Waals surface area contributed by atoms with Crippen LogP contribution in [0.4, 0.5) is 17.1 Å². The normalized spacial score (nSPS) is 14.4. The van der Waals surface area contributed by atoms with Crippen molar-refractivity contribution in [1.82, 2.24) is 0 Å². The molecule has 0 fully saturated rings. The Hall–Kier alpha value is -1.78. The lowest BCUT2D eigenvalue weighted by Gasteiger charge is -2.26. The second-order valence-electron chi connectivity index (χ2n) is 5.46. The highest BCUT2D eigenvalue weighted by molar-refractivity contribution is 9.11. The summed E-state index contributed by atoms with van der Waals surface area (Å²) in [5.41, 5.74) is 3.41. The Bertz CT molecular complexity index is 871. The monoisotopic (exact) mass is 468 g/mol. The SMILES string of the molecule is O=C1Cc2c(Br)cccc2N1.O=C1Cc2c(ccc([NH+]([O-])[O-])c2Br)N1. The number of nitrogens with one attached hydrogen (secondary N) is 3. The van der Waals surface area contributed by atoms with E-state index in [0.29, 0.717) is 22.1 Å². The third-order valence-corrected chi connectivity index (χ3v) is 5.45. The molecule has 0 atom stereocenters. The van der Waals surface area contributed by atoms with Crippen LogP contribution >= 0.6 is 31.9 Å². The van der Waals surface area contributed by atoms with Crippen molar-refractivity contribution in [3.8, 4) is 0 Å². The minimum absolute atomic E-state index is 0.0697. The van der Waals surface area contributed by atoms with E-state index in [1.54, 1.807) is 6.07 Å². The number of hydrogen-bond donors (Lipinski definition) is 3. The van der Waals surface area contributed by atoms with Gasteiger partial charge in [-0.1, -0.05) is 22.0 Å². The summed E-state index contributed by atoms with van der Waals surface area (Å²) in [5, 5.41) is 25.5. The Labute approximate surface area is 159 Å². The van der Waals surface area contributed by atoms with E-state index in [-0.39, 0.29) is 23.9 Å². The van der Waals surface area contributed by atoms with Crippen LogP contribution in [-0.4, -0.2) is 11.8 Å². The van der Waals surface area contributed by atoms with Gasteiger partial charge in [-0.3, -0.25) is 9.59 Å². The van der Waals surface area contributed by atoms with Gasteiger partial charge in [-0.05, 0) is 39.7 Å². The minimum atomic E-state index is -1.25. The molecule has 2 aliphatic heterocycles. The Morgan fingerprint density at radius 2 is 1.48 bits per heavy atom. The fraction of sp³-hybridized carbons (Fsp3) is 0.125. The van der Waals surface area contributed by atoms with Gasteiger partial charge in [-0.15, -0.1) is 0 Å². The van der Waals surface area contributed by atoms with Gasteiger partial charge < -0.3 is 26.3 Å². The van der Waals surface area contributed by atoms with E-state index in [2.05, 4.69) is 42.5 Å². The van der Waals surface area contributed by atoms with Crippen LogP contribution in [0.1, 0.15) is 11.1 Å². The smallest absolute Gasteiger partial charge is 0.228 e. The van der Waals surface area contributed by atoms with Crippen LogP contribution in [0.15, 0.2) is 39.3 Å². The molecule has 2 aromatic rings. The molecular formula is C16H12Br2N3O4-. The average Bonchev–Trinajstić information content (AvgIpc) is 3.11. The van der Waals surface area contributed by atoms with Crippen molar-refractivity contribution >= 4 is 60.7 Å². The van der Waals surface area contributed by atoms with Gasteiger partial charge in [-0.25, -0.2) is 0 Å². The van der Waals surface area contributed by atoms with E-state index < -0.39 is 5.23 Å². The third kappa shape index (κ3) is 3.75. The second kappa shape index (κ2) is 7.22. The van der Waals surface area contributed by atoms with Gasteiger partial charge in [0.05, 0.1) is 17.3 Å². The molecule has 2 aromatic carbocycles. The Morgan fingerprint density at radius 3 is 2.08 bits per heavy atom. The second-order valence-corrected chi connectivity index (χ2v) is 7.10. The highest BCUT2D eigenvalue weighted by atomic mass is 79.9. The number of halogens is 2. The molecule has 0 bridgehead atoms. The first-order valence-electron chi connectivity index (χ1n) is 7.26. The van der Waals surface area contributed by atoms with Crippen LogP contribution in [0.25, 0.3) is 0 Å². The molecule has 0 aliphatic carbocycles. The van der Waals surface area contributed by atoms with Crippen LogP contribution in [0.5, 0.6) is 0 Å². The molecule has 7 nitrogen and oxygen atoms in total. The molecule has 0 unspecified atom stereocenters. The highest BCUT2D eigenvalue weighted by Gasteiger charge is 2.23. The van der Waals surface area contributed by atoms with Crippen molar-refractivity contribution in [3.05, 3.63) is 60.8 Å². The van der Waals surface area contributed by atoms with E-state index in [1.165, 1.54) is 6.07 Å². The lowest BCUT2D eigenvalue weighted by atomic mass is 10.1. The molecule has 0 radical (unpaired) electrons. The summed E-state index contributed by atoms with van der Waals surface area (Å²) in [4.78, 5) is 22.0. The molecule has 130 valence electrons. The number of carbonyl (C=O) groups excluding carboxylic acids is 2. The van der Waals surface area contributed by atoms with E-state index in [4.69, 9.17) is 0 Å². The van der Waals surface area contributed by atoms with E-state index in [1.807, 2.05) is 18.2 Å². The first-order valence-corrected chi connectivity index (χ1v) is 8.85. The zero-order valence-electron chi connectivity index (χ0n) is 12.7. The van der Waals surface area contributed by atoms with Crippen molar-refractivity contribution in [2.45, 2.75) is 12.8 Å². The first-order chi connectivity index (χ1) is 11.9. The fourth-order valence-corrected chi connectivity index (χ4v) is 3.79. The Kier molecular flexibility index (Phi) is 5.21. The van der Waals surface area contributed by atoms with E-state index in [0.717, 1.165) is 15.7 Å². The van der Waals surface area contributed by atoms with Crippen molar-refractivity contribution < 1.29 is 14.8 Å². The fourth-order valence-electron chi connectivity index (χ4n) is 2.63. The summed E-state index contributed by atoms with van der Waals surface area (Å²) < 4.78 is 1.43. The number of rotatable bonds is 1. The first kappa shape index (κ1) is 18.0. The maximum Gasteiger partial charge on any atom is 0.228 e. The molecule has 4 rings (SSSR count). The predicted molar refractivity (Wildman–Crippen MR) is 100 cm³/mol. The zero-order chi connectivity index (χ0) is 18.1. The van der Waals surface area contributed by atoms with Gasteiger partial charge in [0.25, 0.3) is 0 Å². The summed E-state index contributed by atoms with van der Waals surface area (Å²) in [6, 6.07) is 8.73. The number of fused-ring (bicyclic) bond motifs is 2. The Morgan fingerprint density at radius 1 is 0.880 bits per heavy atom. The average molecular weight is 470 g/mol. The van der Waals surface area contributed by atoms with Gasteiger partial charge in [-0.2, -0.15) is 0 Å². The van der Waals surface area contributed by atoms with Gasteiger partial charge in [0.1, 0.15) is 5.69 Å². The van der Waals surface area contributed by atoms with Crippen molar-refractivity contribution in [2.75, 3.05) is 10.6 Å². The summed E-state index contributed by atoms with van der Waals surface area (Å²) in [7, 11) is 0. The van der Waals surface area contributed by atoms with Gasteiger partial charge in [0.2, 0.25) is 11.8 Å². The van der Waals surface area contributed by atoms with Crippen LogP contribution < -0.4 is 15.9 Å². The molecular weight excluding hydrogens is 458 g/mol. The number of hydrogen-bond acceptors (Lipinski definition) is 4. The number of benzene rings is 2.